The second kappa shape index (κ2) is 6.09. The van der Waals surface area contributed by atoms with Crippen LogP contribution in [0, 0.1) is 12.8 Å². The third-order valence-electron chi connectivity index (χ3n) is 1.72. The molecule has 10 heavy (non-hydrogen) atoms. The minimum atomic E-state index is 0.794. The Balaban J connectivity index is 3.26. The third-order valence-corrected chi connectivity index (χ3v) is 2.86. The lowest BCUT2D eigenvalue weighted by atomic mass is 10.1. The maximum absolute atomic E-state index is 3.91. The van der Waals surface area contributed by atoms with Gasteiger partial charge in [-0.3, -0.25) is 0 Å². The zero-order valence-electron chi connectivity index (χ0n) is 7.39. The van der Waals surface area contributed by atoms with Crippen molar-refractivity contribution in [2.24, 2.45) is 5.92 Å². The van der Waals surface area contributed by atoms with Gasteiger partial charge in [0.1, 0.15) is 0 Å². The van der Waals surface area contributed by atoms with E-state index < -0.39 is 0 Å². The zero-order valence-corrected chi connectivity index (χ0v) is 8.21. The number of thioether (sulfide) groups is 1. The monoisotopic (exact) mass is 159 g/mol. The number of hydrogen-bond donors (Lipinski definition) is 0. The first-order valence-corrected chi connectivity index (χ1v) is 5.31. The summed E-state index contributed by atoms with van der Waals surface area (Å²) in [5, 5.41) is 0.794. The van der Waals surface area contributed by atoms with Gasteiger partial charge in [0.2, 0.25) is 0 Å². The van der Waals surface area contributed by atoms with E-state index in [-0.39, 0.29) is 0 Å². The summed E-state index contributed by atoms with van der Waals surface area (Å²) in [7, 11) is 0. The van der Waals surface area contributed by atoms with Gasteiger partial charge in [-0.15, -0.1) is 0 Å². The Hall–Kier alpha value is 0.350. The van der Waals surface area contributed by atoms with Crippen LogP contribution in [-0.2, 0) is 0 Å². The molecule has 0 aliphatic heterocycles. The Kier molecular flexibility index (Phi) is 6.30. The molecule has 0 N–H and O–H groups in total. The fraction of sp³-hybridized carbons (Fsp3) is 0.889. The molecule has 0 aliphatic carbocycles. The lowest BCUT2D eigenvalue weighted by Crippen LogP contribution is -2.01. The Morgan fingerprint density at radius 2 is 1.90 bits per heavy atom. The predicted octanol–water partition coefficient (Wildman–Crippen LogP) is 3.38. The Labute approximate surface area is 69.8 Å². The van der Waals surface area contributed by atoms with E-state index in [4.69, 9.17) is 0 Å². The Bertz CT molecular complexity index is 65.1. The molecule has 1 radical (unpaired) electrons. The molecule has 0 saturated heterocycles. The van der Waals surface area contributed by atoms with E-state index in [1.165, 1.54) is 12.8 Å². The molecule has 0 aromatic carbocycles. The van der Waals surface area contributed by atoms with E-state index in [0.29, 0.717) is 0 Å². The maximum atomic E-state index is 3.91. The van der Waals surface area contributed by atoms with Crippen molar-refractivity contribution in [2.45, 2.75) is 38.4 Å². The molecule has 1 atom stereocenters. The van der Waals surface area contributed by atoms with Crippen molar-refractivity contribution in [1.29, 1.82) is 0 Å². The summed E-state index contributed by atoms with van der Waals surface area (Å²) in [5.74, 6) is 0.848. The molecular weight excluding hydrogens is 140 g/mol. The van der Waals surface area contributed by atoms with Crippen molar-refractivity contribution in [3.63, 3.8) is 0 Å². The van der Waals surface area contributed by atoms with Gasteiger partial charge in [0.05, 0.1) is 0 Å². The van der Waals surface area contributed by atoms with E-state index in [0.717, 1.165) is 17.6 Å². The number of hydrogen-bond acceptors (Lipinski definition) is 1. The van der Waals surface area contributed by atoms with Crippen LogP contribution in [0.25, 0.3) is 0 Å². The summed E-state index contributed by atoms with van der Waals surface area (Å²) in [5.41, 5.74) is 0. The highest BCUT2D eigenvalue weighted by atomic mass is 32.2. The first-order chi connectivity index (χ1) is 4.70. The molecule has 0 aliphatic rings. The average Bonchev–Trinajstić information content (AvgIpc) is 1.90. The van der Waals surface area contributed by atoms with Gasteiger partial charge in [-0.05, 0) is 31.4 Å². The topological polar surface area (TPSA) is 0 Å². The summed E-state index contributed by atoms with van der Waals surface area (Å²) in [4.78, 5) is 0. The molecule has 0 saturated carbocycles. The third kappa shape index (κ3) is 5.16. The van der Waals surface area contributed by atoms with Gasteiger partial charge >= 0.3 is 0 Å². The van der Waals surface area contributed by atoms with Crippen LogP contribution < -0.4 is 0 Å². The van der Waals surface area contributed by atoms with Gasteiger partial charge in [0.15, 0.2) is 0 Å². The molecule has 1 heteroatoms. The van der Waals surface area contributed by atoms with Crippen molar-refractivity contribution < 1.29 is 0 Å². The molecule has 0 rings (SSSR count). The van der Waals surface area contributed by atoms with Crippen LogP contribution in [0.3, 0.4) is 0 Å². The normalized spacial score (nSPS) is 14.1. The molecular formula is C9H19S. The van der Waals surface area contributed by atoms with Gasteiger partial charge < -0.3 is 0 Å². The van der Waals surface area contributed by atoms with Crippen LogP contribution in [0.1, 0.15) is 33.1 Å². The van der Waals surface area contributed by atoms with Crippen molar-refractivity contribution in [1.82, 2.24) is 0 Å². The molecule has 61 valence electrons. The minimum Gasteiger partial charge on any atom is -0.162 e. The molecule has 1 unspecified atom stereocenters. The summed E-state index contributed by atoms with van der Waals surface area (Å²) in [6.45, 7) is 8.47. The predicted molar refractivity (Wildman–Crippen MR) is 51.3 cm³/mol. The molecule has 0 nitrogen and oxygen atoms in total. The van der Waals surface area contributed by atoms with Gasteiger partial charge in [0, 0.05) is 5.25 Å². The van der Waals surface area contributed by atoms with E-state index in [9.17, 15) is 0 Å². The summed E-state index contributed by atoms with van der Waals surface area (Å²) in [6.07, 6.45) is 5.94. The Morgan fingerprint density at radius 1 is 1.30 bits per heavy atom. The molecule has 0 fully saturated rings. The largest absolute Gasteiger partial charge is 0.162 e. The van der Waals surface area contributed by atoms with Crippen molar-refractivity contribution in [2.75, 3.05) is 6.26 Å². The molecule has 0 heterocycles. The first kappa shape index (κ1) is 10.3. The molecule has 0 spiro atoms. The van der Waals surface area contributed by atoms with E-state index >= 15 is 0 Å². The van der Waals surface area contributed by atoms with E-state index in [2.05, 4.69) is 27.0 Å². The SMILES string of the molecule is [CH2]CC(CCC(C)C)SC. The van der Waals surface area contributed by atoms with Crippen molar-refractivity contribution in [3.05, 3.63) is 6.92 Å². The van der Waals surface area contributed by atoms with Crippen LogP contribution >= 0.6 is 11.8 Å². The Morgan fingerprint density at radius 3 is 2.20 bits per heavy atom. The smallest absolute Gasteiger partial charge is 0.00443 e. The van der Waals surface area contributed by atoms with Crippen LogP contribution in [0.15, 0.2) is 0 Å². The molecule has 0 aromatic heterocycles. The maximum Gasteiger partial charge on any atom is 0.00443 e. The minimum absolute atomic E-state index is 0.794. The van der Waals surface area contributed by atoms with Crippen LogP contribution in [0.4, 0.5) is 0 Å². The number of rotatable bonds is 5. The standard InChI is InChI=1S/C9H19S/c1-5-9(10-4)7-6-8(2)3/h8-9H,1,5-7H2,2-4H3. The first-order valence-electron chi connectivity index (χ1n) is 4.02. The lowest BCUT2D eigenvalue weighted by Gasteiger charge is -2.12. The lowest BCUT2D eigenvalue weighted by molar-refractivity contribution is 0.546. The summed E-state index contributed by atoms with van der Waals surface area (Å²) >= 11 is 1.95. The molecule has 0 amide bonds. The van der Waals surface area contributed by atoms with Crippen LogP contribution in [-0.4, -0.2) is 11.5 Å². The highest BCUT2D eigenvalue weighted by molar-refractivity contribution is 7.99. The van der Waals surface area contributed by atoms with Gasteiger partial charge in [-0.1, -0.05) is 20.8 Å². The van der Waals surface area contributed by atoms with E-state index in [1.54, 1.807) is 0 Å². The summed E-state index contributed by atoms with van der Waals surface area (Å²) < 4.78 is 0. The quantitative estimate of drug-likeness (QED) is 0.592. The van der Waals surface area contributed by atoms with E-state index in [1.807, 2.05) is 11.8 Å². The molecule has 0 bridgehead atoms. The van der Waals surface area contributed by atoms with Crippen LogP contribution in [0.2, 0.25) is 0 Å². The van der Waals surface area contributed by atoms with Crippen molar-refractivity contribution >= 4 is 11.8 Å². The van der Waals surface area contributed by atoms with Gasteiger partial charge in [-0.2, -0.15) is 11.8 Å². The van der Waals surface area contributed by atoms with Crippen molar-refractivity contribution in [3.8, 4) is 0 Å². The fourth-order valence-electron chi connectivity index (χ4n) is 0.899. The second-order valence-electron chi connectivity index (χ2n) is 3.12. The fourth-order valence-corrected chi connectivity index (χ4v) is 1.51. The second-order valence-corrected chi connectivity index (χ2v) is 4.26. The van der Waals surface area contributed by atoms with Crippen LogP contribution in [0.5, 0.6) is 0 Å². The molecule has 0 aromatic rings. The average molecular weight is 159 g/mol. The van der Waals surface area contributed by atoms with Gasteiger partial charge in [-0.25, -0.2) is 0 Å². The van der Waals surface area contributed by atoms with Gasteiger partial charge in [0.25, 0.3) is 0 Å². The summed E-state index contributed by atoms with van der Waals surface area (Å²) in [6, 6.07) is 0. The highest BCUT2D eigenvalue weighted by Crippen LogP contribution is 2.18. The zero-order chi connectivity index (χ0) is 7.98. The highest BCUT2D eigenvalue weighted by Gasteiger charge is 2.04.